The third-order valence-corrected chi connectivity index (χ3v) is 3.66. The molecule has 1 amide bonds. The molecule has 2 rings (SSSR count). The van der Waals surface area contributed by atoms with Crippen LogP contribution in [0.2, 0.25) is 0 Å². The molecule has 6 heteroatoms. The highest BCUT2D eigenvalue weighted by molar-refractivity contribution is 5.90. The Morgan fingerprint density at radius 3 is 2.71 bits per heavy atom. The zero-order valence-electron chi connectivity index (χ0n) is 12.6. The van der Waals surface area contributed by atoms with Gasteiger partial charge in [0.2, 0.25) is 5.91 Å². The van der Waals surface area contributed by atoms with Crippen LogP contribution in [-0.2, 0) is 16.1 Å². The highest BCUT2D eigenvalue weighted by atomic mass is 16.5. The Kier molecular flexibility index (Phi) is 5.38. The summed E-state index contributed by atoms with van der Waals surface area (Å²) in [5.41, 5.74) is 0.427. The van der Waals surface area contributed by atoms with Gasteiger partial charge >= 0.3 is 5.97 Å². The normalized spacial score (nSPS) is 15.0. The van der Waals surface area contributed by atoms with Crippen LogP contribution in [0, 0.1) is 6.92 Å². The molecular formula is C15H22N2O4. The number of furan rings is 1. The molecule has 21 heavy (non-hydrogen) atoms. The van der Waals surface area contributed by atoms with E-state index in [0.29, 0.717) is 23.6 Å². The van der Waals surface area contributed by atoms with Crippen molar-refractivity contribution in [3.05, 3.63) is 23.2 Å². The first kappa shape index (κ1) is 15.6. The smallest absolute Gasteiger partial charge is 0.341 e. The summed E-state index contributed by atoms with van der Waals surface area (Å²) in [6, 6.07) is 1.65. The second-order valence-electron chi connectivity index (χ2n) is 5.22. The Balaban J connectivity index is 1.80. The van der Waals surface area contributed by atoms with E-state index >= 15 is 0 Å². The fourth-order valence-corrected chi connectivity index (χ4v) is 2.49. The van der Waals surface area contributed by atoms with Gasteiger partial charge in [0.05, 0.1) is 20.2 Å². The van der Waals surface area contributed by atoms with Gasteiger partial charge in [-0.1, -0.05) is 0 Å². The number of ether oxygens (including phenoxy) is 1. The predicted molar refractivity (Wildman–Crippen MR) is 76.9 cm³/mol. The lowest BCUT2D eigenvalue weighted by molar-refractivity contribution is -0.131. The van der Waals surface area contributed by atoms with Gasteiger partial charge in [-0.15, -0.1) is 0 Å². The summed E-state index contributed by atoms with van der Waals surface area (Å²) in [4.78, 5) is 25.3. The third kappa shape index (κ3) is 4.07. The molecule has 1 aliphatic rings. The van der Waals surface area contributed by atoms with Crippen molar-refractivity contribution in [1.82, 2.24) is 10.2 Å². The van der Waals surface area contributed by atoms with Gasteiger partial charge < -0.3 is 19.4 Å². The first-order valence-corrected chi connectivity index (χ1v) is 7.28. The fourth-order valence-electron chi connectivity index (χ4n) is 2.49. The number of aryl methyl sites for hydroxylation is 1. The summed E-state index contributed by atoms with van der Waals surface area (Å²) in [6.45, 7) is 4.12. The molecule has 0 aromatic carbocycles. The van der Waals surface area contributed by atoms with Crippen molar-refractivity contribution >= 4 is 11.9 Å². The molecule has 0 unspecified atom stereocenters. The number of hydrogen-bond acceptors (Lipinski definition) is 5. The molecule has 6 nitrogen and oxygen atoms in total. The fraction of sp³-hybridized carbons (Fsp3) is 0.600. The van der Waals surface area contributed by atoms with Crippen molar-refractivity contribution in [3.63, 3.8) is 0 Å². The molecule has 1 aromatic heterocycles. The van der Waals surface area contributed by atoms with E-state index < -0.39 is 5.97 Å². The Labute approximate surface area is 124 Å². The number of piperidine rings is 1. The molecule has 1 aromatic rings. The highest BCUT2D eigenvalue weighted by Gasteiger charge is 2.17. The lowest BCUT2D eigenvalue weighted by Gasteiger charge is -2.26. The van der Waals surface area contributed by atoms with Crippen molar-refractivity contribution in [1.29, 1.82) is 0 Å². The minimum absolute atomic E-state index is 0.117. The van der Waals surface area contributed by atoms with Gasteiger partial charge in [0.25, 0.3) is 0 Å². The largest absolute Gasteiger partial charge is 0.465 e. The first-order chi connectivity index (χ1) is 10.1. The first-order valence-electron chi connectivity index (χ1n) is 7.28. The number of methoxy groups -OCH3 is 1. The lowest BCUT2D eigenvalue weighted by atomic mass is 10.1. The van der Waals surface area contributed by atoms with Gasteiger partial charge in [0.1, 0.15) is 17.1 Å². The van der Waals surface area contributed by atoms with Gasteiger partial charge in [-0.2, -0.15) is 0 Å². The summed E-state index contributed by atoms with van der Waals surface area (Å²) < 4.78 is 10.1. The van der Waals surface area contributed by atoms with Gasteiger partial charge in [-0.3, -0.25) is 4.79 Å². The molecular weight excluding hydrogens is 272 g/mol. The molecule has 1 fully saturated rings. The van der Waals surface area contributed by atoms with Gasteiger partial charge in [-0.05, 0) is 32.3 Å². The molecule has 0 bridgehead atoms. The van der Waals surface area contributed by atoms with Crippen molar-refractivity contribution in [2.45, 2.75) is 32.7 Å². The standard InChI is InChI=1S/C15H22N2O4/c1-11-13(15(19)20-2)8-12(21-11)9-16-10-14(18)17-6-4-3-5-7-17/h8,16H,3-7,9-10H2,1-2H3. The Morgan fingerprint density at radius 1 is 1.33 bits per heavy atom. The number of amides is 1. The van der Waals surface area contributed by atoms with Crippen LogP contribution in [0.5, 0.6) is 0 Å². The summed E-state index contributed by atoms with van der Waals surface area (Å²) in [5.74, 6) is 0.860. The van der Waals surface area contributed by atoms with Crippen LogP contribution in [0.3, 0.4) is 0 Å². The van der Waals surface area contributed by atoms with E-state index in [9.17, 15) is 9.59 Å². The van der Waals surface area contributed by atoms with E-state index in [0.717, 1.165) is 25.9 Å². The number of carbonyl (C=O) groups is 2. The van der Waals surface area contributed by atoms with Crippen molar-refractivity contribution < 1.29 is 18.7 Å². The average Bonchev–Trinajstić information content (AvgIpc) is 2.88. The number of likely N-dealkylation sites (tertiary alicyclic amines) is 1. The minimum atomic E-state index is -0.410. The maximum atomic E-state index is 12.0. The van der Waals surface area contributed by atoms with Gasteiger partial charge in [0, 0.05) is 13.1 Å². The average molecular weight is 294 g/mol. The van der Waals surface area contributed by atoms with Crippen LogP contribution < -0.4 is 5.32 Å². The number of esters is 1. The van der Waals surface area contributed by atoms with Crippen LogP contribution in [0.25, 0.3) is 0 Å². The lowest BCUT2D eigenvalue weighted by Crippen LogP contribution is -2.40. The van der Waals surface area contributed by atoms with Crippen LogP contribution >= 0.6 is 0 Å². The quantitative estimate of drug-likeness (QED) is 0.833. The molecule has 1 aliphatic heterocycles. The zero-order chi connectivity index (χ0) is 15.2. The van der Waals surface area contributed by atoms with E-state index in [-0.39, 0.29) is 12.5 Å². The number of rotatable bonds is 5. The Morgan fingerprint density at radius 2 is 2.05 bits per heavy atom. The summed E-state index contributed by atoms with van der Waals surface area (Å²) in [5, 5.41) is 3.06. The van der Waals surface area contributed by atoms with E-state index in [2.05, 4.69) is 10.1 Å². The minimum Gasteiger partial charge on any atom is -0.465 e. The monoisotopic (exact) mass is 294 g/mol. The molecule has 0 radical (unpaired) electrons. The predicted octanol–water partition coefficient (Wildman–Crippen LogP) is 1.48. The van der Waals surface area contributed by atoms with Crippen molar-refractivity contribution in [2.75, 3.05) is 26.7 Å². The second-order valence-corrected chi connectivity index (χ2v) is 5.22. The van der Waals surface area contributed by atoms with Gasteiger partial charge in [0.15, 0.2) is 0 Å². The summed E-state index contributed by atoms with van der Waals surface area (Å²) in [6.07, 6.45) is 3.39. The summed E-state index contributed by atoms with van der Waals surface area (Å²) >= 11 is 0. The summed E-state index contributed by atoms with van der Waals surface area (Å²) in [7, 11) is 1.34. The Hall–Kier alpha value is -1.82. The SMILES string of the molecule is COC(=O)c1cc(CNCC(=O)N2CCCCC2)oc1C. The number of nitrogens with zero attached hydrogens (tertiary/aromatic N) is 1. The zero-order valence-corrected chi connectivity index (χ0v) is 12.6. The van der Waals surface area contributed by atoms with E-state index in [1.165, 1.54) is 13.5 Å². The number of hydrogen-bond donors (Lipinski definition) is 1. The van der Waals surface area contributed by atoms with Crippen molar-refractivity contribution in [3.8, 4) is 0 Å². The van der Waals surface area contributed by atoms with Crippen molar-refractivity contribution in [2.24, 2.45) is 0 Å². The topological polar surface area (TPSA) is 71.8 Å². The molecule has 0 spiro atoms. The number of nitrogens with one attached hydrogen (secondary N) is 1. The second kappa shape index (κ2) is 7.26. The number of carbonyl (C=O) groups excluding carboxylic acids is 2. The molecule has 0 atom stereocenters. The maximum Gasteiger partial charge on any atom is 0.341 e. The highest BCUT2D eigenvalue weighted by Crippen LogP contribution is 2.15. The maximum absolute atomic E-state index is 12.0. The molecule has 116 valence electrons. The molecule has 0 saturated carbocycles. The van der Waals surface area contributed by atoms with E-state index in [1.807, 2.05) is 4.90 Å². The molecule has 2 heterocycles. The van der Waals surface area contributed by atoms with Gasteiger partial charge in [-0.25, -0.2) is 4.79 Å². The van der Waals surface area contributed by atoms with E-state index in [1.54, 1.807) is 13.0 Å². The molecule has 1 saturated heterocycles. The van der Waals surface area contributed by atoms with Crippen LogP contribution in [-0.4, -0.2) is 43.5 Å². The van der Waals surface area contributed by atoms with Crippen LogP contribution in [0.4, 0.5) is 0 Å². The van der Waals surface area contributed by atoms with E-state index in [4.69, 9.17) is 4.42 Å². The molecule has 1 N–H and O–H groups in total. The van der Waals surface area contributed by atoms with Crippen LogP contribution in [0.15, 0.2) is 10.5 Å². The Bertz CT molecular complexity index is 504. The molecule has 0 aliphatic carbocycles. The third-order valence-electron chi connectivity index (χ3n) is 3.66. The van der Waals surface area contributed by atoms with Crippen LogP contribution in [0.1, 0.15) is 41.1 Å².